The van der Waals surface area contributed by atoms with Crippen molar-refractivity contribution in [2.24, 2.45) is 0 Å². The van der Waals surface area contributed by atoms with Crippen LogP contribution in [0.4, 0.5) is 11.4 Å². The first-order chi connectivity index (χ1) is 17.7. The molecule has 0 spiro atoms. The van der Waals surface area contributed by atoms with E-state index in [0.29, 0.717) is 27.2 Å². The van der Waals surface area contributed by atoms with Gasteiger partial charge in [-0.3, -0.25) is 14.9 Å². The van der Waals surface area contributed by atoms with Crippen molar-refractivity contribution in [3.63, 3.8) is 0 Å². The lowest BCUT2D eigenvalue weighted by Gasteiger charge is -2.15. The van der Waals surface area contributed by atoms with Crippen molar-refractivity contribution in [1.29, 1.82) is 5.26 Å². The number of amides is 1. The van der Waals surface area contributed by atoms with Crippen molar-refractivity contribution in [3.05, 3.63) is 96.6 Å². The molecule has 0 fully saturated rings. The SMILES string of the molecule is CCOc1cc(/C=C(/C#N)C(=O)Nc2cccc(C(=O)O)c2)cc(I)c1OCc1ccc([N+](=O)[O-])cc1. The zero-order chi connectivity index (χ0) is 26.9. The Balaban J connectivity index is 1.82. The Morgan fingerprint density at radius 2 is 1.89 bits per heavy atom. The van der Waals surface area contributed by atoms with Gasteiger partial charge in [0, 0.05) is 17.8 Å². The summed E-state index contributed by atoms with van der Waals surface area (Å²) in [4.78, 5) is 34.2. The second-order valence-electron chi connectivity index (χ2n) is 7.49. The van der Waals surface area contributed by atoms with E-state index in [1.54, 1.807) is 31.2 Å². The fraction of sp³-hybridized carbons (Fsp3) is 0.115. The number of ether oxygens (including phenoxy) is 2. The van der Waals surface area contributed by atoms with Crippen LogP contribution in [-0.4, -0.2) is 28.5 Å². The minimum absolute atomic E-state index is 0.000474. The van der Waals surface area contributed by atoms with E-state index >= 15 is 0 Å². The number of anilines is 1. The lowest BCUT2D eigenvalue weighted by Crippen LogP contribution is -2.14. The Labute approximate surface area is 225 Å². The van der Waals surface area contributed by atoms with Gasteiger partial charge in [0.2, 0.25) is 0 Å². The number of nitrogens with zero attached hydrogens (tertiary/aromatic N) is 2. The number of hydrogen-bond donors (Lipinski definition) is 2. The van der Waals surface area contributed by atoms with Gasteiger partial charge >= 0.3 is 5.97 Å². The molecule has 0 heterocycles. The van der Waals surface area contributed by atoms with E-state index in [-0.39, 0.29) is 29.1 Å². The van der Waals surface area contributed by atoms with E-state index in [9.17, 15) is 25.0 Å². The van der Waals surface area contributed by atoms with Crippen molar-refractivity contribution >= 4 is 51.9 Å². The molecule has 3 aromatic rings. The molecule has 37 heavy (non-hydrogen) atoms. The highest BCUT2D eigenvalue weighted by molar-refractivity contribution is 14.1. The molecule has 0 aliphatic carbocycles. The van der Waals surface area contributed by atoms with Gasteiger partial charge in [-0.2, -0.15) is 5.26 Å². The van der Waals surface area contributed by atoms with Crippen molar-refractivity contribution in [1.82, 2.24) is 0 Å². The van der Waals surface area contributed by atoms with Crippen molar-refractivity contribution in [2.45, 2.75) is 13.5 Å². The van der Waals surface area contributed by atoms with Gasteiger partial charge in [-0.25, -0.2) is 4.79 Å². The Bertz CT molecular complexity index is 1410. The number of carboxylic acid groups (broad SMARTS) is 1. The first kappa shape index (κ1) is 27.2. The van der Waals surface area contributed by atoms with Crippen LogP contribution in [0.2, 0.25) is 0 Å². The first-order valence-electron chi connectivity index (χ1n) is 10.8. The molecule has 0 bridgehead atoms. The fourth-order valence-electron chi connectivity index (χ4n) is 3.19. The monoisotopic (exact) mass is 613 g/mol. The number of carbonyl (C=O) groups is 2. The second kappa shape index (κ2) is 12.5. The molecule has 188 valence electrons. The first-order valence-corrected chi connectivity index (χ1v) is 11.9. The lowest BCUT2D eigenvalue weighted by atomic mass is 10.1. The average molecular weight is 613 g/mol. The summed E-state index contributed by atoms with van der Waals surface area (Å²) in [6, 6.07) is 16.9. The maximum absolute atomic E-state index is 12.7. The summed E-state index contributed by atoms with van der Waals surface area (Å²) in [5.74, 6) is -0.988. The van der Waals surface area contributed by atoms with Gasteiger partial charge in [-0.1, -0.05) is 6.07 Å². The second-order valence-corrected chi connectivity index (χ2v) is 8.65. The number of benzene rings is 3. The van der Waals surface area contributed by atoms with Gasteiger partial charge < -0.3 is 19.9 Å². The number of carboxylic acids is 1. The van der Waals surface area contributed by atoms with Crippen LogP contribution in [0.3, 0.4) is 0 Å². The van der Waals surface area contributed by atoms with Gasteiger partial charge in [0.15, 0.2) is 11.5 Å². The third kappa shape index (κ3) is 7.28. The minimum atomic E-state index is -1.14. The summed E-state index contributed by atoms with van der Waals surface area (Å²) in [6.45, 7) is 2.28. The highest BCUT2D eigenvalue weighted by Gasteiger charge is 2.16. The molecule has 10 nitrogen and oxygen atoms in total. The molecule has 0 aromatic heterocycles. The average Bonchev–Trinajstić information content (AvgIpc) is 2.87. The van der Waals surface area contributed by atoms with Crippen LogP contribution in [0.1, 0.15) is 28.4 Å². The van der Waals surface area contributed by atoms with Gasteiger partial charge in [-0.15, -0.1) is 0 Å². The summed E-state index contributed by atoms with van der Waals surface area (Å²) in [6.07, 6.45) is 1.39. The summed E-state index contributed by atoms with van der Waals surface area (Å²) in [5.41, 5.74) is 1.27. The molecule has 2 N–H and O–H groups in total. The van der Waals surface area contributed by atoms with Gasteiger partial charge in [0.25, 0.3) is 11.6 Å². The summed E-state index contributed by atoms with van der Waals surface area (Å²) in [5, 5.41) is 32.1. The van der Waals surface area contributed by atoms with E-state index in [4.69, 9.17) is 14.6 Å². The zero-order valence-electron chi connectivity index (χ0n) is 19.4. The predicted molar refractivity (Wildman–Crippen MR) is 143 cm³/mol. The molecule has 3 aromatic carbocycles. The highest BCUT2D eigenvalue weighted by Crippen LogP contribution is 2.35. The molecule has 0 saturated carbocycles. The number of halogens is 1. The third-order valence-electron chi connectivity index (χ3n) is 4.91. The fourth-order valence-corrected chi connectivity index (χ4v) is 3.97. The molecular formula is C26H20IN3O7. The molecule has 0 saturated heterocycles. The standard InChI is InChI=1S/C26H20IN3O7/c1-2-36-23-12-17(10-19(14-28)25(31)29-20-5-3-4-18(13-20)26(32)33)11-22(27)24(23)37-15-16-6-8-21(9-7-16)30(34)35/h3-13H,2,15H2,1H3,(H,29,31)(H,32,33)/b19-10-. The van der Waals surface area contributed by atoms with Crippen molar-refractivity contribution in [3.8, 4) is 17.6 Å². The van der Waals surface area contributed by atoms with E-state index in [2.05, 4.69) is 5.32 Å². The topological polar surface area (TPSA) is 152 Å². The Kier molecular flexibility index (Phi) is 9.17. The molecule has 0 aliphatic heterocycles. The van der Waals surface area contributed by atoms with Gasteiger partial charge in [0.1, 0.15) is 18.2 Å². The van der Waals surface area contributed by atoms with Crippen LogP contribution in [0.25, 0.3) is 6.08 Å². The number of hydrogen-bond acceptors (Lipinski definition) is 7. The molecule has 1 amide bonds. The largest absolute Gasteiger partial charge is 0.490 e. The zero-order valence-corrected chi connectivity index (χ0v) is 21.6. The van der Waals surface area contributed by atoms with Crippen LogP contribution in [0.5, 0.6) is 11.5 Å². The Morgan fingerprint density at radius 1 is 1.16 bits per heavy atom. The number of nitrogens with one attached hydrogen (secondary N) is 1. The Hall–Kier alpha value is -4.44. The number of nitriles is 1. The van der Waals surface area contributed by atoms with Crippen LogP contribution in [-0.2, 0) is 11.4 Å². The molecular weight excluding hydrogens is 593 g/mol. The maximum atomic E-state index is 12.7. The maximum Gasteiger partial charge on any atom is 0.335 e. The van der Waals surface area contributed by atoms with Gasteiger partial charge in [0.05, 0.1) is 20.7 Å². The van der Waals surface area contributed by atoms with E-state index < -0.39 is 16.8 Å². The quantitative estimate of drug-likeness (QED) is 0.101. The minimum Gasteiger partial charge on any atom is -0.490 e. The molecule has 0 unspecified atom stereocenters. The van der Waals surface area contributed by atoms with E-state index in [0.717, 1.165) is 5.56 Å². The predicted octanol–water partition coefficient (Wildman–Crippen LogP) is 5.42. The summed E-state index contributed by atoms with van der Waals surface area (Å²) < 4.78 is 12.3. The third-order valence-corrected chi connectivity index (χ3v) is 5.71. The number of non-ortho nitro benzene ring substituents is 1. The normalized spacial score (nSPS) is 10.8. The van der Waals surface area contributed by atoms with Crippen LogP contribution in [0, 0.1) is 25.0 Å². The van der Waals surface area contributed by atoms with Gasteiger partial charge in [-0.05, 0) is 89.2 Å². The Morgan fingerprint density at radius 3 is 2.51 bits per heavy atom. The smallest absolute Gasteiger partial charge is 0.335 e. The van der Waals surface area contributed by atoms with Crippen molar-refractivity contribution in [2.75, 3.05) is 11.9 Å². The molecule has 11 heteroatoms. The number of nitro benzene ring substituents is 1. The number of carbonyl (C=O) groups excluding carboxylic acids is 1. The number of nitro groups is 1. The van der Waals surface area contributed by atoms with E-state index in [1.165, 1.54) is 42.5 Å². The van der Waals surface area contributed by atoms with Crippen LogP contribution in [0.15, 0.2) is 66.2 Å². The highest BCUT2D eigenvalue weighted by atomic mass is 127. The number of aromatic carboxylic acids is 1. The number of rotatable bonds is 10. The summed E-state index contributed by atoms with van der Waals surface area (Å²) in [7, 11) is 0. The molecule has 0 radical (unpaired) electrons. The van der Waals surface area contributed by atoms with Crippen LogP contribution < -0.4 is 14.8 Å². The summed E-state index contributed by atoms with van der Waals surface area (Å²) >= 11 is 2.05. The van der Waals surface area contributed by atoms with Crippen LogP contribution >= 0.6 is 22.6 Å². The molecule has 3 rings (SSSR count). The van der Waals surface area contributed by atoms with E-state index in [1.807, 2.05) is 28.7 Å². The van der Waals surface area contributed by atoms with Crippen molar-refractivity contribution < 1.29 is 29.1 Å². The molecule has 0 aliphatic rings. The molecule has 0 atom stereocenters. The lowest BCUT2D eigenvalue weighted by molar-refractivity contribution is -0.384.